The maximum atomic E-state index is 11.3. The molecular weight excluding hydrogens is 250 g/mol. The van der Waals surface area contributed by atoms with Gasteiger partial charge in [0.25, 0.3) is 5.78 Å². The number of rotatable bonds is 4. The van der Waals surface area contributed by atoms with Gasteiger partial charge in [0.05, 0.1) is 5.75 Å². The van der Waals surface area contributed by atoms with Crippen LogP contribution >= 0.6 is 11.8 Å². The summed E-state index contributed by atoms with van der Waals surface area (Å²) in [6, 6.07) is 1.94. The summed E-state index contributed by atoms with van der Waals surface area (Å²) in [5, 5.41) is 7.62. The molecule has 0 radical (unpaired) electrons. The minimum absolute atomic E-state index is 0.0118. The molecule has 0 saturated carbocycles. The van der Waals surface area contributed by atoms with Crippen molar-refractivity contribution < 1.29 is 4.79 Å². The van der Waals surface area contributed by atoms with Crippen LogP contribution in [0.25, 0.3) is 5.78 Å². The number of carbonyl (C=O) groups excluding carboxylic acids is 1. The minimum atomic E-state index is -0.0118. The number of nitrogens with one attached hydrogen (secondary N) is 1. The lowest BCUT2D eigenvalue weighted by molar-refractivity contribution is -0.118. The number of hydrogen-bond acceptors (Lipinski definition) is 5. The van der Waals surface area contributed by atoms with Crippen molar-refractivity contribution in [1.29, 1.82) is 0 Å². The van der Waals surface area contributed by atoms with Crippen molar-refractivity contribution in [1.82, 2.24) is 24.9 Å². The lowest BCUT2D eigenvalue weighted by atomic mass is 10.4. The van der Waals surface area contributed by atoms with Crippen LogP contribution < -0.4 is 5.32 Å². The molecule has 0 spiro atoms. The smallest absolute Gasteiger partial charge is 0.253 e. The molecule has 2 aromatic rings. The van der Waals surface area contributed by atoms with Gasteiger partial charge in [0, 0.05) is 17.9 Å². The maximum absolute atomic E-state index is 11.3. The highest BCUT2D eigenvalue weighted by atomic mass is 32.2. The third-order valence-electron chi connectivity index (χ3n) is 2.31. The van der Waals surface area contributed by atoms with Crippen LogP contribution in [0, 0.1) is 13.8 Å². The molecule has 0 bridgehead atoms. The van der Waals surface area contributed by atoms with Crippen LogP contribution in [-0.2, 0) is 4.79 Å². The predicted octanol–water partition coefficient (Wildman–Crippen LogP) is 0.969. The Morgan fingerprint density at radius 2 is 2.22 bits per heavy atom. The summed E-state index contributed by atoms with van der Waals surface area (Å²) in [6.45, 7) is 6.40. The number of hydrogen-bond donors (Lipinski definition) is 1. The first kappa shape index (κ1) is 12.8. The van der Waals surface area contributed by atoms with Crippen molar-refractivity contribution >= 4 is 23.4 Å². The average Bonchev–Trinajstić information content (AvgIpc) is 2.70. The zero-order valence-electron chi connectivity index (χ0n) is 10.6. The summed E-state index contributed by atoms with van der Waals surface area (Å²) in [5.74, 6) is 0.885. The van der Waals surface area contributed by atoms with Gasteiger partial charge in [-0.3, -0.25) is 4.79 Å². The average molecular weight is 265 g/mol. The van der Waals surface area contributed by atoms with Crippen molar-refractivity contribution in [2.75, 3.05) is 12.3 Å². The summed E-state index contributed by atoms with van der Waals surface area (Å²) in [4.78, 5) is 19.9. The molecule has 0 saturated heterocycles. The topological polar surface area (TPSA) is 72.2 Å². The van der Waals surface area contributed by atoms with Crippen molar-refractivity contribution in [3.63, 3.8) is 0 Å². The maximum Gasteiger partial charge on any atom is 0.253 e. The van der Waals surface area contributed by atoms with Gasteiger partial charge in [-0.1, -0.05) is 11.8 Å². The van der Waals surface area contributed by atoms with E-state index in [2.05, 4.69) is 20.4 Å². The second-order valence-corrected chi connectivity index (χ2v) is 4.83. The van der Waals surface area contributed by atoms with Gasteiger partial charge < -0.3 is 5.32 Å². The van der Waals surface area contributed by atoms with E-state index in [1.807, 2.05) is 26.8 Å². The fourth-order valence-corrected chi connectivity index (χ4v) is 2.24. The van der Waals surface area contributed by atoms with E-state index in [1.165, 1.54) is 11.8 Å². The van der Waals surface area contributed by atoms with Crippen molar-refractivity contribution in [3.8, 4) is 0 Å². The van der Waals surface area contributed by atoms with E-state index in [9.17, 15) is 4.79 Å². The van der Waals surface area contributed by atoms with E-state index in [1.54, 1.807) is 4.52 Å². The van der Waals surface area contributed by atoms with Crippen LogP contribution in [-0.4, -0.2) is 37.8 Å². The Balaban J connectivity index is 2.15. The van der Waals surface area contributed by atoms with E-state index in [0.717, 1.165) is 11.4 Å². The molecule has 6 nitrogen and oxygen atoms in total. The van der Waals surface area contributed by atoms with Gasteiger partial charge in [-0.15, -0.1) is 5.10 Å². The zero-order chi connectivity index (χ0) is 13.1. The van der Waals surface area contributed by atoms with Crippen LogP contribution in [0.3, 0.4) is 0 Å². The standard InChI is InChI=1S/C11H15N5OS/c1-4-12-9(17)6-18-11-14-10-13-7(2)5-8(3)16(10)15-11/h5H,4,6H2,1-3H3,(H,12,17). The Morgan fingerprint density at radius 3 is 2.94 bits per heavy atom. The fraction of sp³-hybridized carbons (Fsp3) is 0.455. The third-order valence-corrected chi connectivity index (χ3v) is 3.14. The molecule has 0 fully saturated rings. The molecule has 2 aromatic heterocycles. The highest BCUT2D eigenvalue weighted by Crippen LogP contribution is 2.14. The fourth-order valence-electron chi connectivity index (χ4n) is 1.59. The van der Waals surface area contributed by atoms with Gasteiger partial charge >= 0.3 is 0 Å². The van der Waals surface area contributed by atoms with Crippen molar-refractivity contribution in [2.45, 2.75) is 25.9 Å². The van der Waals surface area contributed by atoms with Gasteiger partial charge in [-0.2, -0.15) is 4.98 Å². The van der Waals surface area contributed by atoms with Crippen LogP contribution in [0.1, 0.15) is 18.3 Å². The lowest BCUT2D eigenvalue weighted by Crippen LogP contribution is -2.24. The molecule has 2 heterocycles. The van der Waals surface area contributed by atoms with Crippen LogP contribution in [0.15, 0.2) is 11.2 Å². The number of aromatic nitrogens is 4. The Morgan fingerprint density at radius 1 is 1.44 bits per heavy atom. The molecule has 2 rings (SSSR count). The van der Waals surface area contributed by atoms with E-state index in [0.29, 0.717) is 23.2 Å². The molecule has 7 heteroatoms. The zero-order valence-corrected chi connectivity index (χ0v) is 11.4. The van der Waals surface area contributed by atoms with Crippen molar-refractivity contribution in [2.24, 2.45) is 0 Å². The Bertz CT molecular complexity index is 580. The van der Waals surface area contributed by atoms with Crippen LogP contribution in [0.4, 0.5) is 0 Å². The van der Waals surface area contributed by atoms with Gasteiger partial charge in [-0.05, 0) is 26.8 Å². The number of amides is 1. The minimum Gasteiger partial charge on any atom is -0.356 e. The number of thioether (sulfide) groups is 1. The molecule has 1 N–H and O–H groups in total. The molecule has 1 amide bonds. The monoisotopic (exact) mass is 265 g/mol. The Hall–Kier alpha value is -1.63. The van der Waals surface area contributed by atoms with Gasteiger partial charge in [-0.25, -0.2) is 9.50 Å². The highest BCUT2D eigenvalue weighted by molar-refractivity contribution is 7.99. The summed E-state index contributed by atoms with van der Waals surface area (Å²) in [7, 11) is 0. The molecule has 0 aliphatic rings. The van der Waals surface area contributed by atoms with Gasteiger partial charge in [0.15, 0.2) is 0 Å². The summed E-state index contributed by atoms with van der Waals surface area (Å²) in [6.07, 6.45) is 0. The first-order valence-electron chi connectivity index (χ1n) is 5.70. The third kappa shape index (κ3) is 2.79. The van der Waals surface area contributed by atoms with Gasteiger partial charge in [0.2, 0.25) is 11.1 Å². The molecule has 18 heavy (non-hydrogen) atoms. The lowest BCUT2D eigenvalue weighted by Gasteiger charge is -1.98. The normalized spacial score (nSPS) is 10.8. The Labute approximate surface area is 109 Å². The van der Waals surface area contributed by atoms with E-state index in [-0.39, 0.29) is 5.91 Å². The highest BCUT2D eigenvalue weighted by Gasteiger charge is 2.09. The molecule has 0 aromatic carbocycles. The molecule has 96 valence electrons. The largest absolute Gasteiger partial charge is 0.356 e. The summed E-state index contributed by atoms with van der Waals surface area (Å²) < 4.78 is 1.69. The van der Waals surface area contributed by atoms with E-state index in [4.69, 9.17) is 0 Å². The molecule has 0 atom stereocenters. The SMILES string of the molecule is CCNC(=O)CSc1nc2nc(C)cc(C)n2n1. The van der Waals surface area contributed by atoms with Gasteiger partial charge in [0.1, 0.15) is 0 Å². The first-order valence-corrected chi connectivity index (χ1v) is 6.69. The summed E-state index contributed by atoms with van der Waals surface area (Å²) in [5.41, 5.74) is 1.89. The van der Waals surface area contributed by atoms with E-state index >= 15 is 0 Å². The number of nitrogens with zero attached hydrogens (tertiary/aromatic N) is 4. The summed E-state index contributed by atoms with van der Waals surface area (Å²) >= 11 is 1.31. The second kappa shape index (κ2) is 5.34. The number of fused-ring (bicyclic) bond motifs is 1. The van der Waals surface area contributed by atoms with Crippen LogP contribution in [0.2, 0.25) is 0 Å². The first-order chi connectivity index (χ1) is 8.60. The number of aryl methyl sites for hydroxylation is 2. The molecule has 0 aliphatic heterocycles. The molecular formula is C11H15N5OS. The van der Waals surface area contributed by atoms with E-state index < -0.39 is 0 Å². The number of carbonyl (C=O) groups is 1. The second-order valence-electron chi connectivity index (χ2n) is 3.89. The predicted molar refractivity (Wildman–Crippen MR) is 69.7 cm³/mol. The molecule has 0 unspecified atom stereocenters. The molecule has 0 aliphatic carbocycles. The Kier molecular flexibility index (Phi) is 3.81. The quantitative estimate of drug-likeness (QED) is 0.834. The van der Waals surface area contributed by atoms with Crippen LogP contribution in [0.5, 0.6) is 0 Å². The van der Waals surface area contributed by atoms with Crippen molar-refractivity contribution in [3.05, 3.63) is 17.5 Å².